The van der Waals surface area contributed by atoms with Gasteiger partial charge in [-0.2, -0.15) is 0 Å². The number of carbonyl (C=O) groups excluding carboxylic acids is 3. The van der Waals surface area contributed by atoms with Gasteiger partial charge in [0.05, 0.1) is 44.0 Å². The summed E-state index contributed by atoms with van der Waals surface area (Å²) in [7, 11) is 0. The number of likely N-dealkylation sites (tertiary alicyclic amines) is 1. The second-order valence-electron chi connectivity index (χ2n) is 12.1. The fourth-order valence-corrected chi connectivity index (χ4v) is 7.18. The summed E-state index contributed by atoms with van der Waals surface area (Å²) < 4.78 is 17.8. The van der Waals surface area contributed by atoms with Crippen molar-refractivity contribution in [2.24, 2.45) is 17.8 Å². The number of esters is 1. The zero-order valence-electron chi connectivity index (χ0n) is 24.4. The van der Waals surface area contributed by atoms with Gasteiger partial charge in [-0.3, -0.25) is 19.3 Å². The summed E-state index contributed by atoms with van der Waals surface area (Å²) in [4.78, 5) is 47.8. The predicted octanol–water partition coefficient (Wildman–Crippen LogP) is 1.62. The molecule has 0 aromatic heterocycles. The van der Waals surface area contributed by atoms with Crippen molar-refractivity contribution in [3.8, 4) is 0 Å². The molecule has 4 rings (SSSR count). The van der Waals surface area contributed by atoms with Crippen LogP contribution < -0.4 is 0 Å². The Bertz CT molecular complexity index is 967. The quantitative estimate of drug-likeness (QED) is 0.194. The minimum Gasteiger partial charge on any atom is -0.465 e. The van der Waals surface area contributed by atoms with Crippen molar-refractivity contribution in [1.29, 1.82) is 0 Å². The van der Waals surface area contributed by atoms with Gasteiger partial charge in [0.1, 0.15) is 17.6 Å². The molecule has 1 N–H and O–H groups in total. The lowest BCUT2D eigenvalue weighted by Gasteiger charge is -2.41. The van der Waals surface area contributed by atoms with E-state index in [2.05, 4.69) is 18.1 Å². The van der Waals surface area contributed by atoms with Gasteiger partial charge in [-0.1, -0.05) is 26.0 Å². The van der Waals surface area contributed by atoms with Crippen LogP contribution in [0, 0.1) is 17.8 Å². The Balaban J connectivity index is 1.67. The van der Waals surface area contributed by atoms with E-state index in [0.29, 0.717) is 52.1 Å². The van der Waals surface area contributed by atoms with Crippen molar-refractivity contribution in [1.82, 2.24) is 14.7 Å². The SMILES string of the molecule is C=CCCCOC(=O)[C@@H]1[C@H]2C(=O)N([C@@H](CO)C(C)C)C(C(=O)N(CC=C)CCN3CCOCC3)C23CC[C@@]1(C)O3. The van der Waals surface area contributed by atoms with E-state index >= 15 is 0 Å². The van der Waals surface area contributed by atoms with Gasteiger partial charge in [0.2, 0.25) is 11.8 Å². The molecule has 0 aromatic carbocycles. The van der Waals surface area contributed by atoms with Gasteiger partial charge in [0, 0.05) is 32.7 Å². The maximum atomic E-state index is 14.5. The fraction of sp³-hybridized carbons (Fsp3) is 0.767. The second-order valence-corrected chi connectivity index (χ2v) is 12.1. The number of ether oxygens (including phenoxy) is 3. The molecule has 40 heavy (non-hydrogen) atoms. The number of morpholine rings is 1. The maximum absolute atomic E-state index is 14.5. The number of allylic oxidation sites excluding steroid dienone is 1. The third-order valence-corrected chi connectivity index (χ3v) is 9.26. The van der Waals surface area contributed by atoms with E-state index in [1.165, 1.54) is 0 Å². The summed E-state index contributed by atoms with van der Waals surface area (Å²) in [5.41, 5.74) is -2.06. The molecule has 4 fully saturated rings. The van der Waals surface area contributed by atoms with Crippen LogP contribution in [-0.2, 0) is 28.6 Å². The molecule has 6 atom stereocenters. The van der Waals surface area contributed by atoms with Crippen LogP contribution in [0.4, 0.5) is 0 Å². The molecule has 4 saturated heterocycles. The predicted molar refractivity (Wildman–Crippen MR) is 149 cm³/mol. The fourth-order valence-electron chi connectivity index (χ4n) is 7.18. The first-order chi connectivity index (χ1) is 19.1. The second kappa shape index (κ2) is 12.7. The topological polar surface area (TPSA) is 109 Å². The Labute approximate surface area is 238 Å². The van der Waals surface area contributed by atoms with Gasteiger partial charge < -0.3 is 29.1 Å². The first kappa shape index (κ1) is 30.7. The molecular weight excluding hydrogens is 514 g/mol. The molecule has 0 aliphatic carbocycles. The highest BCUT2D eigenvalue weighted by atomic mass is 16.6. The third kappa shape index (κ3) is 5.47. The van der Waals surface area contributed by atoms with Crippen LogP contribution in [0.2, 0.25) is 0 Å². The van der Waals surface area contributed by atoms with E-state index in [9.17, 15) is 19.5 Å². The van der Waals surface area contributed by atoms with Crippen LogP contribution in [0.5, 0.6) is 0 Å². The minimum absolute atomic E-state index is 0.113. The molecule has 2 unspecified atom stereocenters. The monoisotopic (exact) mass is 561 g/mol. The molecule has 2 amide bonds. The van der Waals surface area contributed by atoms with Gasteiger partial charge in [-0.05, 0) is 38.5 Å². The number of unbranched alkanes of at least 4 members (excludes halogenated alkanes) is 1. The number of hydrogen-bond acceptors (Lipinski definition) is 8. The molecule has 1 spiro atoms. The lowest BCUT2D eigenvalue weighted by molar-refractivity contribution is -0.162. The van der Waals surface area contributed by atoms with Crippen molar-refractivity contribution >= 4 is 17.8 Å². The largest absolute Gasteiger partial charge is 0.465 e. The van der Waals surface area contributed by atoms with Crippen molar-refractivity contribution < 1.29 is 33.7 Å². The Hall–Kier alpha value is -2.27. The molecule has 10 heteroatoms. The summed E-state index contributed by atoms with van der Waals surface area (Å²) in [6.45, 7) is 17.6. The first-order valence-corrected chi connectivity index (χ1v) is 14.8. The van der Waals surface area contributed by atoms with Crippen molar-refractivity contribution in [2.75, 3.05) is 59.2 Å². The van der Waals surface area contributed by atoms with Crippen LogP contribution in [0.3, 0.4) is 0 Å². The Morgan fingerprint density at radius 3 is 2.58 bits per heavy atom. The molecule has 2 bridgehead atoms. The number of fused-ring (bicyclic) bond motifs is 1. The number of rotatable bonds is 14. The lowest BCUT2D eigenvalue weighted by atomic mass is 9.66. The number of amides is 2. The van der Waals surface area contributed by atoms with Gasteiger partial charge in [0.15, 0.2) is 0 Å². The Morgan fingerprint density at radius 2 is 1.95 bits per heavy atom. The van der Waals surface area contributed by atoms with Crippen LogP contribution in [-0.4, -0.2) is 120 Å². The van der Waals surface area contributed by atoms with Crippen molar-refractivity contribution in [2.45, 2.75) is 69.7 Å². The number of nitrogens with zero attached hydrogens (tertiary/aromatic N) is 3. The van der Waals surface area contributed by atoms with Gasteiger partial charge in [-0.15, -0.1) is 13.2 Å². The van der Waals surface area contributed by atoms with Crippen molar-refractivity contribution in [3.63, 3.8) is 0 Å². The molecule has 224 valence electrons. The summed E-state index contributed by atoms with van der Waals surface area (Å²) in [6, 6.07) is -1.54. The number of aliphatic hydroxyl groups excluding tert-OH is 1. The van der Waals surface area contributed by atoms with Gasteiger partial charge >= 0.3 is 5.97 Å². The maximum Gasteiger partial charge on any atom is 0.312 e. The molecule has 10 nitrogen and oxygen atoms in total. The molecule has 4 heterocycles. The van der Waals surface area contributed by atoms with Crippen molar-refractivity contribution in [3.05, 3.63) is 25.3 Å². The number of hydrogen-bond donors (Lipinski definition) is 1. The zero-order valence-corrected chi connectivity index (χ0v) is 24.4. The lowest BCUT2D eigenvalue weighted by Crippen LogP contribution is -2.60. The van der Waals surface area contributed by atoms with E-state index in [4.69, 9.17) is 14.2 Å². The summed E-state index contributed by atoms with van der Waals surface area (Å²) in [6.07, 6.45) is 5.86. The Morgan fingerprint density at radius 1 is 1.23 bits per heavy atom. The van der Waals surface area contributed by atoms with E-state index in [0.717, 1.165) is 19.5 Å². The van der Waals surface area contributed by atoms with Gasteiger partial charge in [0.25, 0.3) is 0 Å². The first-order valence-electron chi connectivity index (χ1n) is 14.8. The average Bonchev–Trinajstić information content (AvgIpc) is 3.50. The molecule has 4 aliphatic rings. The number of aliphatic hydroxyl groups is 1. The molecule has 0 saturated carbocycles. The van der Waals surface area contributed by atoms with Gasteiger partial charge in [-0.25, -0.2) is 0 Å². The number of carbonyl (C=O) groups is 3. The van der Waals surface area contributed by atoms with Crippen LogP contribution in [0.25, 0.3) is 0 Å². The standard InChI is InChI=1S/C30H47N3O7/c1-6-8-9-17-39-28(37)24-23-26(35)33(22(20-34)21(3)4)25(30(23)11-10-29(24,5)40-30)27(36)32(12-7-2)14-13-31-15-18-38-19-16-31/h6-7,21-25,34H,1-2,8-20H2,3-5H3/t22-,23-,24-,25?,29+,30?/m0/s1. The third-order valence-electron chi connectivity index (χ3n) is 9.26. The van der Waals surface area contributed by atoms with E-state index in [-0.39, 0.29) is 30.9 Å². The highest BCUT2D eigenvalue weighted by molar-refractivity contribution is 5.98. The summed E-state index contributed by atoms with van der Waals surface area (Å²) in [5.74, 6) is -2.77. The van der Waals surface area contributed by atoms with E-state index in [1.807, 2.05) is 20.8 Å². The Kier molecular flexibility index (Phi) is 9.75. The zero-order chi connectivity index (χ0) is 29.1. The molecule has 0 radical (unpaired) electrons. The van der Waals surface area contributed by atoms with Crippen LogP contribution >= 0.6 is 0 Å². The van der Waals surface area contributed by atoms with E-state index in [1.54, 1.807) is 22.0 Å². The highest BCUT2D eigenvalue weighted by Gasteiger charge is 2.79. The minimum atomic E-state index is -1.16. The highest BCUT2D eigenvalue weighted by Crippen LogP contribution is 2.63. The normalized spacial score (nSPS) is 32.3. The van der Waals surface area contributed by atoms with E-state index < -0.39 is 41.1 Å². The van der Waals surface area contributed by atoms with Crippen LogP contribution in [0.15, 0.2) is 25.3 Å². The molecule has 0 aromatic rings. The molecular formula is C30H47N3O7. The molecule has 4 aliphatic heterocycles. The van der Waals surface area contributed by atoms with Crippen LogP contribution in [0.1, 0.15) is 46.5 Å². The smallest absolute Gasteiger partial charge is 0.312 e. The summed E-state index contributed by atoms with van der Waals surface area (Å²) in [5, 5.41) is 10.4. The summed E-state index contributed by atoms with van der Waals surface area (Å²) >= 11 is 0. The average molecular weight is 562 g/mol.